The number of aliphatic hydroxyl groups is 1. The molecule has 1 aromatic rings. The van der Waals surface area contributed by atoms with Crippen molar-refractivity contribution >= 4 is 9.84 Å². The van der Waals surface area contributed by atoms with Crippen LogP contribution >= 0.6 is 0 Å². The van der Waals surface area contributed by atoms with E-state index in [4.69, 9.17) is 0 Å². The molecule has 0 bridgehead atoms. The quantitative estimate of drug-likeness (QED) is 0.833. The molecule has 0 amide bonds. The summed E-state index contributed by atoms with van der Waals surface area (Å²) in [6.07, 6.45) is 2.06. The van der Waals surface area contributed by atoms with Crippen molar-refractivity contribution in [2.75, 3.05) is 0 Å². The molecule has 0 unspecified atom stereocenters. The first-order chi connectivity index (χ1) is 8.43. The molecule has 1 aromatic carbocycles. The Morgan fingerprint density at radius 2 is 1.94 bits per heavy atom. The minimum atomic E-state index is -3.65. The Bertz CT molecular complexity index is 539. The molecule has 0 saturated carbocycles. The van der Waals surface area contributed by atoms with Crippen LogP contribution in [-0.2, 0) is 9.84 Å². The molecule has 0 radical (unpaired) electrons. The van der Waals surface area contributed by atoms with Gasteiger partial charge in [0.1, 0.15) is 0 Å². The van der Waals surface area contributed by atoms with Crippen LogP contribution in [0.4, 0.5) is 0 Å². The Labute approximate surface area is 108 Å². The molecule has 0 fully saturated rings. The number of aliphatic hydroxyl groups excluding tert-OH is 1. The summed E-state index contributed by atoms with van der Waals surface area (Å²) in [4.78, 5) is 0.178. The van der Waals surface area contributed by atoms with Gasteiger partial charge in [-0.25, -0.2) is 8.42 Å². The topological polar surface area (TPSA) is 54.4 Å². The van der Waals surface area contributed by atoms with E-state index in [-0.39, 0.29) is 9.80 Å². The van der Waals surface area contributed by atoms with E-state index in [1.165, 1.54) is 12.2 Å². The molecule has 0 aliphatic rings. The van der Waals surface area contributed by atoms with Crippen LogP contribution in [0, 0.1) is 6.92 Å². The summed E-state index contributed by atoms with van der Waals surface area (Å²) in [5, 5.41) is 9.81. The first-order valence-electron chi connectivity index (χ1n) is 5.76. The molecule has 0 saturated heterocycles. The minimum Gasteiger partial charge on any atom is -0.388 e. The summed E-state index contributed by atoms with van der Waals surface area (Å²) in [6.45, 7) is 7.10. The van der Waals surface area contributed by atoms with Crippen molar-refractivity contribution < 1.29 is 13.5 Å². The summed E-state index contributed by atoms with van der Waals surface area (Å²) >= 11 is 0. The number of aryl methyl sites for hydroxylation is 1. The molecule has 98 valence electrons. The van der Waals surface area contributed by atoms with Gasteiger partial charge in [-0.05, 0) is 31.6 Å². The minimum absolute atomic E-state index is 0.0103. The van der Waals surface area contributed by atoms with Crippen LogP contribution in [0.15, 0.2) is 52.8 Å². The van der Waals surface area contributed by atoms with Crippen molar-refractivity contribution in [2.45, 2.75) is 31.3 Å². The maximum atomic E-state index is 12.4. The molecule has 1 atom stereocenters. The van der Waals surface area contributed by atoms with Crippen LogP contribution in [0.25, 0.3) is 0 Å². The van der Waals surface area contributed by atoms with Crippen LogP contribution in [-0.4, -0.2) is 19.6 Å². The summed E-state index contributed by atoms with van der Waals surface area (Å²) in [5.74, 6) is 0. The Balaban J connectivity index is 3.30. The summed E-state index contributed by atoms with van der Waals surface area (Å²) in [5.41, 5.74) is 0.985. The van der Waals surface area contributed by atoms with Gasteiger partial charge < -0.3 is 5.11 Å². The van der Waals surface area contributed by atoms with E-state index in [0.717, 1.165) is 5.56 Å². The fourth-order valence-corrected chi connectivity index (χ4v) is 3.12. The smallest absolute Gasteiger partial charge is 0.205 e. The predicted octanol–water partition coefficient (Wildman–Crippen LogP) is 2.61. The number of hydrogen-bond acceptors (Lipinski definition) is 3. The lowest BCUT2D eigenvalue weighted by molar-refractivity contribution is 0.214. The number of sulfone groups is 1. The van der Waals surface area contributed by atoms with Gasteiger partial charge in [0.25, 0.3) is 0 Å². The van der Waals surface area contributed by atoms with E-state index in [1.807, 2.05) is 6.92 Å². The van der Waals surface area contributed by atoms with Gasteiger partial charge in [-0.15, -0.1) is 0 Å². The molecule has 3 nitrogen and oxygen atoms in total. The van der Waals surface area contributed by atoms with Crippen molar-refractivity contribution in [3.8, 4) is 0 Å². The highest BCUT2D eigenvalue weighted by Crippen LogP contribution is 2.23. The van der Waals surface area contributed by atoms with E-state index in [9.17, 15) is 13.5 Å². The number of allylic oxidation sites excluding steroid dienone is 2. The second kappa shape index (κ2) is 5.98. The average Bonchev–Trinajstić information content (AvgIpc) is 2.35. The van der Waals surface area contributed by atoms with Gasteiger partial charge in [-0.2, -0.15) is 0 Å². The zero-order valence-corrected chi connectivity index (χ0v) is 11.4. The highest BCUT2D eigenvalue weighted by molar-refractivity contribution is 7.95. The van der Waals surface area contributed by atoms with E-state index < -0.39 is 15.9 Å². The van der Waals surface area contributed by atoms with Gasteiger partial charge in [-0.3, -0.25) is 0 Å². The van der Waals surface area contributed by atoms with Crippen LogP contribution in [0.2, 0.25) is 0 Å². The number of rotatable bonds is 5. The van der Waals surface area contributed by atoms with Crippen LogP contribution in [0.1, 0.15) is 18.9 Å². The van der Waals surface area contributed by atoms with Crippen molar-refractivity contribution in [2.24, 2.45) is 0 Å². The molecule has 0 aliphatic heterocycles. The Hall–Kier alpha value is -1.39. The first kappa shape index (κ1) is 14.7. The van der Waals surface area contributed by atoms with Crippen molar-refractivity contribution in [1.82, 2.24) is 0 Å². The maximum absolute atomic E-state index is 12.4. The van der Waals surface area contributed by atoms with Crippen molar-refractivity contribution in [3.63, 3.8) is 0 Å². The van der Waals surface area contributed by atoms with Crippen molar-refractivity contribution in [3.05, 3.63) is 53.5 Å². The van der Waals surface area contributed by atoms with Crippen LogP contribution in [0.5, 0.6) is 0 Å². The molecule has 4 heteroatoms. The SMILES string of the molecule is C=C/C=C(\[C@@H](O)CC)S(=O)(=O)c1ccc(C)cc1. The molecule has 0 heterocycles. The average molecular weight is 266 g/mol. The van der Waals surface area contributed by atoms with E-state index >= 15 is 0 Å². The molecule has 18 heavy (non-hydrogen) atoms. The molecule has 0 spiro atoms. The summed E-state index contributed by atoms with van der Waals surface area (Å²) in [6, 6.07) is 6.56. The number of hydrogen-bond donors (Lipinski definition) is 1. The molecule has 0 aliphatic carbocycles. The van der Waals surface area contributed by atoms with Gasteiger partial charge in [0.05, 0.1) is 15.9 Å². The predicted molar refractivity (Wildman–Crippen MR) is 72.9 cm³/mol. The normalized spacial score (nSPS) is 14.3. The van der Waals surface area contributed by atoms with Gasteiger partial charge in [0, 0.05) is 0 Å². The highest BCUT2D eigenvalue weighted by atomic mass is 32.2. The van der Waals surface area contributed by atoms with E-state index in [0.29, 0.717) is 6.42 Å². The van der Waals surface area contributed by atoms with Gasteiger partial charge >= 0.3 is 0 Å². The Morgan fingerprint density at radius 1 is 1.39 bits per heavy atom. The standard InChI is InChI=1S/C14H18O3S/c1-4-6-14(13(15)5-2)18(16,17)12-9-7-11(3)8-10-12/h4,6-10,13,15H,1,5H2,2-3H3/b14-6+/t13-/m0/s1. The highest BCUT2D eigenvalue weighted by Gasteiger charge is 2.25. The van der Waals surface area contributed by atoms with E-state index in [2.05, 4.69) is 6.58 Å². The second-order valence-electron chi connectivity index (χ2n) is 4.05. The molecule has 1 rings (SSSR count). The molecule has 0 aromatic heterocycles. The third-order valence-electron chi connectivity index (χ3n) is 2.64. The second-order valence-corrected chi connectivity index (χ2v) is 5.99. The number of benzene rings is 1. The summed E-state index contributed by atoms with van der Waals surface area (Å²) < 4.78 is 24.7. The largest absolute Gasteiger partial charge is 0.388 e. The molecular formula is C14H18O3S. The molecule has 1 N–H and O–H groups in total. The first-order valence-corrected chi connectivity index (χ1v) is 7.24. The van der Waals surface area contributed by atoms with Gasteiger partial charge in [0.2, 0.25) is 9.84 Å². The fraction of sp³-hybridized carbons (Fsp3) is 0.286. The van der Waals surface area contributed by atoms with Crippen LogP contribution in [0.3, 0.4) is 0 Å². The monoisotopic (exact) mass is 266 g/mol. The third kappa shape index (κ3) is 3.09. The van der Waals surface area contributed by atoms with Gasteiger partial charge in [-0.1, -0.05) is 37.3 Å². The lowest BCUT2D eigenvalue weighted by Crippen LogP contribution is -2.18. The third-order valence-corrected chi connectivity index (χ3v) is 4.56. The maximum Gasteiger partial charge on any atom is 0.205 e. The van der Waals surface area contributed by atoms with Crippen LogP contribution < -0.4 is 0 Å². The molecular weight excluding hydrogens is 248 g/mol. The van der Waals surface area contributed by atoms with Gasteiger partial charge in [0.15, 0.2) is 0 Å². The lowest BCUT2D eigenvalue weighted by atomic mass is 10.2. The Morgan fingerprint density at radius 3 is 2.39 bits per heavy atom. The lowest BCUT2D eigenvalue weighted by Gasteiger charge is -2.13. The summed E-state index contributed by atoms with van der Waals surface area (Å²) in [7, 11) is -3.65. The van der Waals surface area contributed by atoms with E-state index in [1.54, 1.807) is 31.2 Å². The Kier molecular flexibility index (Phi) is 4.87. The zero-order chi connectivity index (χ0) is 13.8. The zero-order valence-electron chi connectivity index (χ0n) is 10.6. The van der Waals surface area contributed by atoms with Crippen molar-refractivity contribution in [1.29, 1.82) is 0 Å². The fourth-order valence-electron chi connectivity index (χ4n) is 1.55.